The molecule has 0 aromatic heterocycles. The number of hydrogen-bond acceptors (Lipinski definition) is 8. The summed E-state index contributed by atoms with van der Waals surface area (Å²) in [4.78, 5) is 16.2. The molecule has 2 aromatic carbocycles. The Hall–Kier alpha value is -3.17. The molecule has 3 aliphatic rings. The summed E-state index contributed by atoms with van der Waals surface area (Å²) in [6.45, 7) is 6.55. The minimum Gasteiger partial charge on any atom is -0.399 e. The lowest BCUT2D eigenvalue weighted by Gasteiger charge is -2.29. The van der Waals surface area contributed by atoms with Crippen molar-refractivity contribution in [1.29, 1.82) is 0 Å². The molecule has 7 N–H and O–H groups in total. The number of amides is 1. The van der Waals surface area contributed by atoms with Gasteiger partial charge in [-0.05, 0) is 49.2 Å². The fourth-order valence-electron chi connectivity index (χ4n) is 3.96. The van der Waals surface area contributed by atoms with Crippen LogP contribution in [-0.2, 0) is 14.3 Å². The third kappa shape index (κ3) is 6.66. The van der Waals surface area contributed by atoms with Gasteiger partial charge in [-0.2, -0.15) is 0 Å². The Balaban J connectivity index is 0.000000165. The summed E-state index contributed by atoms with van der Waals surface area (Å²) in [5.74, 6) is 0.312. The number of nitrogen functional groups attached to an aromatic ring is 3. The van der Waals surface area contributed by atoms with Crippen LogP contribution in [0.1, 0.15) is 12.8 Å². The second-order valence-electron chi connectivity index (χ2n) is 8.63. The fourth-order valence-corrected chi connectivity index (χ4v) is 3.96. The molecule has 9 heteroatoms. The van der Waals surface area contributed by atoms with E-state index in [9.17, 15) is 4.79 Å². The molecule has 0 unspecified atom stereocenters. The number of rotatable bonds is 4. The molecule has 178 valence electrons. The third-order valence-corrected chi connectivity index (χ3v) is 5.87. The lowest BCUT2D eigenvalue weighted by molar-refractivity contribution is -0.117. The molecule has 3 fully saturated rings. The minimum absolute atomic E-state index is 0.110. The maximum absolute atomic E-state index is 11.8. The molecule has 1 amide bonds. The van der Waals surface area contributed by atoms with E-state index < -0.39 is 0 Å². The highest BCUT2D eigenvalue weighted by atomic mass is 16.5. The molecule has 0 bridgehead atoms. The highest BCUT2D eigenvalue weighted by Gasteiger charge is 2.29. The van der Waals surface area contributed by atoms with Crippen molar-refractivity contribution < 1.29 is 14.3 Å². The second kappa shape index (κ2) is 10.6. The molecule has 1 saturated carbocycles. The van der Waals surface area contributed by atoms with Crippen LogP contribution in [-0.4, -0.2) is 58.5 Å². The number of carbonyl (C=O) groups excluding carboxylic acids is 1. The molecule has 2 aromatic rings. The van der Waals surface area contributed by atoms with Crippen molar-refractivity contribution in [2.24, 2.45) is 5.92 Å². The SMILES string of the molecule is Nc1cc(N)cc(N2CCOCC2)c1.Nc1cc(NC(=O)C2CC2)cc(N2CCOCC2)c1. The van der Waals surface area contributed by atoms with Crippen LogP contribution in [0, 0.1) is 5.92 Å². The number of anilines is 6. The molecule has 0 radical (unpaired) electrons. The first-order valence-corrected chi connectivity index (χ1v) is 11.5. The van der Waals surface area contributed by atoms with Gasteiger partial charge in [-0.1, -0.05) is 0 Å². The Morgan fingerprint density at radius 1 is 0.727 bits per heavy atom. The van der Waals surface area contributed by atoms with Crippen LogP contribution < -0.4 is 32.3 Å². The Morgan fingerprint density at radius 2 is 1.18 bits per heavy atom. The number of nitrogens with one attached hydrogen (secondary N) is 1. The van der Waals surface area contributed by atoms with Crippen LogP contribution in [0.2, 0.25) is 0 Å². The Labute approximate surface area is 194 Å². The van der Waals surface area contributed by atoms with E-state index in [1.807, 2.05) is 30.3 Å². The maximum atomic E-state index is 11.8. The Morgan fingerprint density at radius 3 is 1.67 bits per heavy atom. The number of morpholine rings is 2. The summed E-state index contributed by atoms with van der Waals surface area (Å²) in [5.41, 5.74) is 22.4. The van der Waals surface area contributed by atoms with E-state index in [0.29, 0.717) is 17.1 Å². The van der Waals surface area contributed by atoms with Gasteiger partial charge in [0.05, 0.1) is 26.4 Å². The first-order valence-electron chi connectivity index (χ1n) is 11.5. The summed E-state index contributed by atoms with van der Waals surface area (Å²) < 4.78 is 10.6. The topological polar surface area (TPSA) is 132 Å². The quantitative estimate of drug-likeness (QED) is 0.517. The lowest BCUT2D eigenvalue weighted by atomic mass is 10.2. The number of benzene rings is 2. The number of nitrogens with zero attached hydrogens (tertiary/aromatic N) is 2. The maximum Gasteiger partial charge on any atom is 0.227 e. The molecule has 2 saturated heterocycles. The van der Waals surface area contributed by atoms with E-state index in [0.717, 1.165) is 82.5 Å². The summed E-state index contributed by atoms with van der Waals surface area (Å²) in [5, 5.41) is 2.95. The molecule has 5 rings (SSSR count). The van der Waals surface area contributed by atoms with E-state index in [1.54, 1.807) is 6.07 Å². The molecule has 33 heavy (non-hydrogen) atoms. The largest absolute Gasteiger partial charge is 0.399 e. The van der Waals surface area contributed by atoms with Gasteiger partial charge in [0.15, 0.2) is 0 Å². The zero-order chi connectivity index (χ0) is 23.2. The zero-order valence-corrected chi connectivity index (χ0v) is 19.0. The lowest BCUT2D eigenvalue weighted by Crippen LogP contribution is -2.36. The van der Waals surface area contributed by atoms with Crippen LogP contribution >= 0.6 is 0 Å². The van der Waals surface area contributed by atoms with Gasteiger partial charge in [0.2, 0.25) is 5.91 Å². The number of hydrogen-bond donors (Lipinski definition) is 4. The molecule has 0 spiro atoms. The summed E-state index contributed by atoms with van der Waals surface area (Å²) in [6.07, 6.45) is 2.01. The Bertz CT molecular complexity index is 933. The van der Waals surface area contributed by atoms with Gasteiger partial charge in [-0.15, -0.1) is 0 Å². The first kappa shape index (κ1) is 23.0. The van der Waals surface area contributed by atoms with Gasteiger partial charge in [0.25, 0.3) is 0 Å². The van der Waals surface area contributed by atoms with Gasteiger partial charge in [0, 0.05) is 66.2 Å². The standard InChI is InChI=1S/C14H19N3O2.C10H15N3O/c15-11-7-12(16-14(18)10-1-2-10)9-13(8-11)17-3-5-19-6-4-17;11-8-5-9(12)7-10(6-8)13-1-3-14-4-2-13/h7-10H,1-6,15H2,(H,16,18);5-7H,1-4,11-12H2. The number of carbonyl (C=O) groups is 1. The summed E-state index contributed by atoms with van der Waals surface area (Å²) in [7, 11) is 0. The summed E-state index contributed by atoms with van der Waals surface area (Å²) in [6, 6.07) is 11.4. The second-order valence-corrected chi connectivity index (χ2v) is 8.63. The van der Waals surface area contributed by atoms with E-state index in [2.05, 4.69) is 15.1 Å². The van der Waals surface area contributed by atoms with Crippen LogP contribution in [0.3, 0.4) is 0 Å². The van der Waals surface area contributed by atoms with Crippen molar-refractivity contribution in [2.75, 3.05) is 84.9 Å². The predicted molar refractivity (Wildman–Crippen MR) is 134 cm³/mol. The smallest absolute Gasteiger partial charge is 0.227 e. The van der Waals surface area contributed by atoms with Gasteiger partial charge in [-0.25, -0.2) is 0 Å². The van der Waals surface area contributed by atoms with Crippen LogP contribution in [0.25, 0.3) is 0 Å². The highest BCUT2D eigenvalue weighted by molar-refractivity contribution is 5.95. The fraction of sp³-hybridized carbons (Fsp3) is 0.458. The normalized spacial score (nSPS) is 18.3. The molecule has 0 atom stereocenters. The van der Waals surface area contributed by atoms with Gasteiger partial charge in [0.1, 0.15) is 0 Å². The van der Waals surface area contributed by atoms with Gasteiger partial charge >= 0.3 is 0 Å². The van der Waals surface area contributed by atoms with Crippen molar-refractivity contribution in [2.45, 2.75) is 12.8 Å². The molecule has 2 aliphatic heterocycles. The van der Waals surface area contributed by atoms with E-state index >= 15 is 0 Å². The number of ether oxygens (including phenoxy) is 2. The highest BCUT2D eigenvalue weighted by Crippen LogP contribution is 2.31. The van der Waals surface area contributed by atoms with Crippen molar-refractivity contribution in [3.63, 3.8) is 0 Å². The van der Waals surface area contributed by atoms with E-state index in [4.69, 9.17) is 26.7 Å². The van der Waals surface area contributed by atoms with Crippen molar-refractivity contribution in [3.05, 3.63) is 36.4 Å². The summed E-state index contributed by atoms with van der Waals surface area (Å²) >= 11 is 0. The van der Waals surface area contributed by atoms with Crippen LogP contribution in [0.15, 0.2) is 36.4 Å². The average molecular weight is 455 g/mol. The van der Waals surface area contributed by atoms with Gasteiger partial charge in [-0.3, -0.25) is 4.79 Å². The van der Waals surface area contributed by atoms with E-state index in [1.165, 1.54) is 0 Å². The van der Waals surface area contributed by atoms with Crippen molar-refractivity contribution >= 4 is 40.0 Å². The molecule has 9 nitrogen and oxygen atoms in total. The predicted octanol–water partition coefficient (Wildman–Crippen LogP) is 2.14. The third-order valence-electron chi connectivity index (χ3n) is 5.87. The van der Waals surface area contributed by atoms with Crippen molar-refractivity contribution in [1.82, 2.24) is 0 Å². The molecule has 2 heterocycles. The van der Waals surface area contributed by atoms with Crippen LogP contribution in [0.5, 0.6) is 0 Å². The first-order chi connectivity index (χ1) is 16.0. The van der Waals surface area contributed by atoms with E-state index in [-0.39, 0.29) is 11.8 Å². The zero-order valence-electron chi connectivity index (χ0n) is 19.0. The molecular formula is C24H34N6O3. The Kier molecular flexibility index (Phi) is 7.41. The monoisotopic (exact) mass is 454 g/mol. The molecular weight excluding hydrogens is 420 g/mol. The van der Waals surface area contributed by atoms with Crippen LogP contribution in [0.4, 0.5) is 34.1 Å². The number of nitrogens with two attached hydrogens (primary N) is 3. The molecule has 1 aliphatic carbocycles. The van der Waals surface area contributed by atoms with Gasteiger partial charge < -0.3 is 41.8 Å². The minimum atomic E-state index is 0.110. The van der Waals surface area contributed by atoms with Crippen molar-refractivity contribution in [3.8, 4) is 0 Å². The average Bonchev–Trinajstić information content (AvgIpc) is 3.65.